The van der Waals surface area contributed by atoms with Gasteiger partial charge >= 0.3 is 0 Å². The number of halogens is 2. The molecule has 3 atom stereocenters. The third-order valence-corrected chi connectivity index (χ3v) is 4.19. The highest BCUT2D eigenvalue weighted by molar-refractivity contribution is 6.33. The van der Waals surface area contributed by atoms with Crippen molar-refractivity contribution in [2.24, 2.45) is 11.8 Å². The highest BCUT2D eigenvalue weighted by Crippen LogP contribution is 2.31. The van der Waals surface area contributed by atoms with Gasteiger partial charge in [0.25, 0.3) is 5.91 Å². The SMILES string of the molecule is CC1CCC(NC(=O)c2cc(Cl)nc(Cl)c2)C1C. The minimum absolute atomic E-state index is 0.132. The molecule has 1 heterocycles. The Balaban J connectivity index is 2.08. The van der Waals surface area contributed by atoms with Crippen LogP contribution in [0, 0.1) is 11.8 Å². The molecule has 1 aliphatic carbocycles. The van der Waals surface area contributed by atoms with Crippen molar-refractivity contribution in [2.45, 2.75) is 32.7 Å². The molecule has 1 aliphatic rings. The molecule has 0 aromatic carbocycles. The van der Waals surface area contributed by atoms with E-state index in [0.717, 1.165) is 12.8 Å². The Morgan fingerprint density at radius 2 is 1.89 bits per heavy atom. The zero-order valence-electron chi connectivity index (χ0n) is 10.4. The van der Waals surface area contributed by atoms with Crippen LogP contribution >= 0.6 is 23.2 Å². The highest BCUT2D eigenvalue weighted by atomic mass is 35.5. The van der Waals surface area contributed by atoms with E-state index >= 15 is 0 Å². The quantitative estimate of drug-likeness (QED) is 0.845. The van der Waals surface area contributed by atoms with Crippen LogP contribution in [0.4, 0.5) is 0 Å². The molecule has 0 spiro atoms. The molecule has 1 aromatic heterocycles. The lowest BCUT2D eigenvalue weighted by atomic mass is 9.97. The lowest BCUT2D eigenvalue weighted by Crippen LogP contribution is -2.37. The molecule has 0 bridgehead atoms. The molecule has 5 heteroatoms. The largest absolute Gasteiger partial charge is 0.349 e. The summed E-state index contributed by atoms with van der Waals surface area (Å²) in [6.45, 7) is 4.39. The maximum Gasteiger partial charge on any atom is 0.251 e. The summed E-state index contributed by atoms with van der Waals surface area (Å²) in [5.41, 5.74) is 0.465. The average molecular weight is 287 g/mol. The van der Waals surface area contributed by atoms with E-state index in [1.807, 2.05) is 0 Å². The van der Waals surface area contributed by atoms with Gasteiger partial charge in [-0.15, -0.1) is 0 Å². The first kappa shape index (κ1) is 13.6. The van der Waals surface area contributed by atoms with Crippen molar-refractivity contribution in [3.63, 3.8) is 0 Å². The summed E-state index contributed by atoms with van der Waals surface area (Å²) in [7, 11) is 0. The van der Waals surface area contributed by atoms with Crippen LogP contribution in [0.5, 0.6) is 0 Å². The van der Waals surface area contributed by atoms with E-state index in [4.69, 9.17) is 23.2 Å². The number of carbonyl (C=O) groups is 1. The van der Waals surface area contributed by atoms with Crippen LogP contribution in [0.1, 0.15) is 37.0 Å². The number of amides is 1. The molecule has 3 nitrogen and oxygen atoms in total. The molecule has 1 saturated carbocycles. The van der Waals surface area contributed by atoms with Crippen LogP contribution in [0.3, 0.4) is 0 Å². The van der Waals surface area contributed by atoms with Gasteiger partial charge in [-0.2, -0.15) is 0 Å². The van der Waals surface area contributed by atoms with E-state index in [-0.39, 0.29) is 22.3 Å². The summed E-state index contributed by atoms with van der Waals surface area (Å²) in [4.78, 5) is 15.9. The van der Waals surface area contributed by atoms with Crippen LogP contribution in [-0.4, -0.2) is 16.9 Å². The molecule has 18 heavy (non-hydrogen) atoms. The van der Waals surface area contributed by atoms with Crippen LogP contribution in [-0.2, 0) is 0 Å². The fourth-order valence-corrected chi connectivity index (χ4v) is 2.88. The zero-order chi connectivity index (χ0) is 13.3. The van der Waals surface area contributed by atoms with Gasteiger partial charge in [-0.25, -0.2) is 4.98 Å². The molecule has 0 aliphatic heterocycles. The van der Waals surface area contributed by atoms with Crippen molar-refractivity contribution < 1.29 is 4.79 Å². The molecule has 1 fully saturated rings. The normalized spacial score (nSPS) is 27.2. The van der Waals surface area contributed by atoms with E-state index in [2.05, 4.69) is 24.1 Å². The van der Waals surface area contributed by atoms with Crippen LogP contribution < -0.4 is 5.32 Å². The molecule has 98 valence electrons. The minimum Gasteiger partial charge on any atom is -0.349 e. The van der Waals surface area contributed by atoms with E-state index < -0.39 is 0 Å². The zero-order valence-corrected chi connectivity index (χ0v) is 11.9. The van der Waals surface area contributed by atoms with Crippen LogP contribution in [0.2, 0.25) is 10.3 Å². The summed E-state index contributed by atoms with van der Waals surface area (Å²) in [5, 5.41) is 3.52. The van der Waals surface area contributed by atoms with E-state index in [1.54, 1.807) is 0 Å². The molecule has 0 saturated heterocycles. The number of carbonyl (C=O) groups excluding carboxylic acids is 1. The van der Waals surface area contributed by atoms with Gasteiger partial charge in [0.05, 0.1) is 0 Å². The molecule has 1 aromatic rings. The summed E-state index contributed by atoms with van der Waals surface area (Å²) in [6, 6.07) is 3.30. The van der Waals surface area contributed by atoms with Gasteiger partial charge in [-0.1, -0.05) is 37.0 Å². The van der Waals surface area contributed by atoms with Crippen LogP contribution in [0.15, 0.2) is 12.1 Å². The number of hydrogen-bond acceptors (Lipinski definition) is 2. The molecule has 1 amide bonds. The molecule has 2 rings (SSSR count). The highest BCUT2D eigenvalue weighted by Gasteiger charge is 2.30. The average Bonchev–Trinajstić information content (AvgIpc) is 2.59. The molecular weight excluding hydrogens is 271 g/mol. The first-order chi connectivity index (χ1) is 8.47. The van der Waals surface area contributed by atoms with E-state index in [0.29, 0.717) is 17.4 Å². The lowest BCUT2D eigenvalue weighted by Gasteiger charge is -2.19. The summed E-state index contributed by atoms with van der Waals surface area (Å²) in [5.74, 6) is 1.02. The van der Waals surface area contributed by atoms with Crippen molar-refractivity contribution in [3.8, 4) is 0 Å². The van der Waals surface area contributed by atoms with Crippen molar-refractivity contribution >= 4 is 29.1 Å². The maximum atomic E-state index is 12.1. The van der Waals surface area contributed by atoms with Gasteiger partial charge < -0.3 is 5.32 Å². The predicted octanol–water partition coefficient (Wildman–Crippen LogP) is 3.55. The van der Waals surface area contributed by atoms with Crippen LogP contribution in [0.25, 0.3) is 0 Å². The second-order valence-electron chi connectivity index (χ2n) is 4.99. The topological polar surface area (TPSA) is 42.0 Å². The van der Waals surface area contributed by atoms with Gasteiger partial charge in [-0.3, -0.25) is 4.79 Å². The Morgan fingerprint density at radius 1 is 1.28 bits per heavy atom. The Labute approximate surface area is 117 Å². The van der Waals surface area contributed by atoms with Gasteiger partial charge in [-0.05, 0) is 36.8 Å². The van der Waals surface area contributed by atoms with Crippen molar-refractivity contribution in [1.82, 2.24) is 10.3 Å². The van der Waals surface area contributed by atoms with E-state index in [1.165, 1.54) is 12.1 Å². The summed E-state index contributed by atoms with van der Waals surface area (Å²) < 4.78 is 0. The third kappa shape index (κ3) is 2.96. The number of nitrogens with zero attached hydrogens (tertiary/aromatic N) is 1. The van der Waals surface area contributed by atoms with Gasteiger partial charge in [0.1, 0.15) is 10.3 Å². The Bertz CT molecular complexity index is 444. The minimum atomic E-state index is -0.132. The molecular formula is C13H16Cl2N2O. The van der Waals surface area contributed by atoms with Gasteiger partial charge in [0.15, 0.2) is 0 Å². The maximum absolute atomic E-state index is 12.1. The fourth-order valence-electron chi connectivity index (χ4n) is 2.42. The number of pyridine rings is 1. The lowest BCUT2D eigenvalue weighted by molar-refractivity contribution is 0.0927. The standard InChI is InChI=1S/C13H16Cl2N2O/c1-7-3-4-10(8(7)2)16-13(18)9-5-11(14)17-12(15)6-9/h5-8,10H,3-4H2,1-2H3,(H,16,18). The number of nitrogens with one attached hydrogen (secondary N) is 1. The Morgan fingerprint density at radius 3 is 2.39 bits per heavy atom. The number of hydrogen-bond donors (Lipinski definition) is 1. The Kier molecular flexibility index (Phi) is 4.13. The summed E-state index contributed by atoms with van der Waals surface area (Å²) >= 11 is 11.6. The molecule has 3 unspecified atom stereocenters. The number of aromatic nitrogens is 1. The molecule has 1 N–H and O–H groups in total. The monoisotopic (exact) mass is 286 g/mol. The molecule has 0 radical (unpaired) electrons. The first-order valence-corrected chi connectivity index (χ1v) is 6.87. The second-order valence-corrected chi connectivity index (χ2v) is 5.77. The Hall–Kier alpha value is -0.800. The van der Waals surface area contributed by atoms with Crippen molar-refractivity contribution in [3.05, 3.63) is 28.0 Å². The number of rotatable bonds is 2. The van der Waals surface area contributed by atoms with E-state index in [9.17, 15) is 4.79 Å². The second kappa shape index (κ2) is 5.45. The fraction of sp³-hybridized carbons (Fsp3) is 0.538. The van der Waals surface area contributed by atoms with Gasteiger partial charge in [0.2, 0.25) is 0 Å². The summed E-state index contributed by atoms with van der Waals surface area (Å²) in [6.07, 6.45) is 2.19. The predicted molar refractivity (Wildman–Crippen MR) is 73.1 cm³/mol. The van der Waals surface area contributed by atoms with Crippen molar-refractivity contribution in [2.75, 3.05) is 0 Å². The third-order valence-electron chi connectivity index (χ3n) is 3.81. The first-order valence-electron chi connectivity index (χ1n) is 6.11. The van der Waals surface area contributed by atoms with Gasteiger partial charge in [0, 0.05) is 11.6 Å². The van der Waals surface area contributed by atoms with Crippen molar-refractivity contribution in [1.29, 1.82) is 0 Å². The smallest absolute Gasteiger partial charge is 0.251 e.